The first kappa shape index (κ1) is 12.2. The molecule has 0 fully saturated rings. The van der Waals surface area contributed by atoms with E-state index in [1.807, 2.05) is 18.2 Å². The van der Waals surface area contributed by atoms with E-state index in [1.54, 1.807) is 7.11 Å². The van der Waals surface area contributed by atoms with Crippen molar-refractivity contribution in [1.82, 2.24) is 0 Å². The maximum Gasteiger partial charge on any atom is 0.0508 e. The molecule has 0 amide bonds. The fourth-order valence-corrected chi connectivity index (χ4v) is 1.98. The lowest BCUT2D eigenvalue weighted by molar-refractivity contribution is 0.112. The molecule has 0 spiro atoms. The Bertz CT molecular complexity index is 286. The molecule has 2 atom stereocenters. The summed E-state index contributed by atoms with van der Waals surface area (Å²) in [7, 11) is 1.72. The summed E-state index contributed by atoms with van der Waals surface area (Å²) >= 11 is 0. The van der Waals surface area contributed by atoms with Crippen LogP contribution in [-0.4, -0.2) is 13.7 Å². The molecule has 1 rings (SSSR count). The van der Waals surface area contributed by atoms with Crippen LogP contribution in [0.1, 0.15) is 25.8 Å². The molecule has 84 valence electrons. The molecule has 15 heavy (non-hydrogen) atoms. The highest BCUT2D eigenvalue weighted by Crippen LogP contribution is 2.30. The summed E-state index contributed by atoms with van der Waals surface area (Å²) in [4.78, 5) is 0. The lowest BCUT2D eigenvalue weighted by atomic mass is 9.78. The second-order valence-electron chi connectivity index (χ2n) is 4.12. The van der Waals surface area contributed by atoms with Crippen LogP contribution in [0.15, 0.2) is 30.3 Å². The van der Waals surface area contributed by atoms with Gasteiger partial charge in [0.2, 0.25) is 0 Å². The van der Waals surface area contributed by atoms with Gasteiger partial charge in [0.15, 0.2) is 0 Å². The van der Waals surface area contributed by atoms with E-state index in [0.717, 1.165) is 6.42 Å². The Morgan fingerprint density at radius 3 is 2.40 bits per heavy atom. The number of nitrogens with two attached hydrogens (primary N) is 1. The van der Waals surface area contributed by atoms with Gasteiger partial charge in [-0.15, -0.1) is 0 Å². The van der Waals surface area contributed by atoms with E-state index in [-0.39, 0.29) is 5.54 Å². The quantitative estimate of drug-likeness (QED) is 0.805. The number of benzene rings is 1. The van der Waals surface area contributed by atoms with Gasteiger partial charge in [-0.1, -0.05) is 44.2 Å². The van der Waals surface area contributed by atoms with E-state index in [2.05, 4.69) is 26.0 Å². The zero-order valence-electron chi connectivity index (χ0n) is 9.86. The highest BCUT2D eigenvalue weighted by Gasteiger charge is 2.31. The lowest BCUT2D eigenvalue weighted by Gasteiger charge is -2.35. The second kappa shape index (κ2) is 5.29. The summed E-state index contributed by atoms with van der Waals surface area (Å²) in [6, 6.07) is 10.3. The maximum absolute atomic E-state index is 6.47. The minimum absolute atomic E-state index is 0.280. The average molecular weight is 207 g/mol. The summed E-state index contributed by atoms with van der Waals surface area (Å²) in [5, 5.41) is 0. The monoisotopic (exact) mass is 207 g/mol. The third-order valence-corrected chi connectivity index (χ3v) is 3.19. The molecule has 0 aliphatic rings. The number of rotatable bonds is 5. The van der Waals surface area contributed by atoms with Crippen LogP contribution in [0.3, 0.4) is 0 Å². The number of hydrogen-bond acceptors (Lipinski definition) is 2. The molecule has 2 heteroatoms. The molecule has 0 bridgehead atoms. The van der Waals surface area contributed by atoms with Crippen LogP contribution in [0.2, 0.25) is 0 Å². The predicted octanol–water partition coefficient (Wildman–Crippen LogP) is 2.53. The van der Waals surface area contributed by atoms with Crippen molar-refractivity contribution in [2.75, 3.05) is 13.7 Å². The Hall–Kier alpha value is -0.860. The van der Waals surface area contributed by atoms with Crippen LogP contribution in [-0.2, 0) is 10.3 Å². The van der Waals surface area contributed by atoms with Crippen molar-refractivity contribution in [2.45, 2.75) is 25.8 Å². The van der Waals surface area contributed by atoms with Gasteiger partial charge in [-0.3, -0.25) is 0 Å². The van der Waals surface area contributed by atoms with Crippen molar-refractivity contribution in [3.63, 3.8) is 0 Å². The van der Waals surface area contributed by atoms with Crippen LogP contribution in [0, 0.1) is 5.92 Å². The highest BCUT2D eigenvalue weighted by atomic mass is 16.5. The summed E-state index contributed by atoms with van der Waals surface area (Å²) in [6.45, 7) is 4.96. The molecular weight excluding hydrogens is 186 g/mol. The molecule has 1 aromatic carbocycles. The van der Waals surface area contributed by atoms with Gasteiger partial charge < -0.3 is 10.5 Å². The van der Waals surface area contributed by atoms with Crippen molar-refractivity contribution >= 4 is 0 Å². The highest BCUT2D eigenvalue weighted by molar-refractivity contribution is 5.24. The Labute approximate surface area is 92.4 Å². The minimum Gasteiger partial charge on any atom is -0.384 e. The molecule has 2 unspecified atom stereocenters. The predicted molar refractivity (Wildman–Crippen MR) is 63.6 cm³/mol. The van der Waals surface area contributed by atoms with E-state index in [4.69, 9.17) is 10.5 Å². The van der Waals surface area contributed by atoms with E-state index in [9.17, 15) is 0 Å². The van der Waals surface area contributed by atoms with Crippen molar-refractivity contribution in [1.29, 1.82) is 0 Å². The molecule has 2 nitrogen and oxygen atoms in total. The molecule has 0 saturated heterocycles. The van der Waals surface area contributed by atoms with Gasteiger partial charge in [0.25, 0.3) is 0 Å². The SMILES string of the molecule is CCC(N)(c1ccccc1)C(C)COC. The van der Waals surface area contributed by atoms with Gasteiger partial charge in [0, 0.05) is 18.6 Å². The zero-order chi connectivity index (χ0) is 11.3. The number of methoxy groups -OCH3 is 1. The van der Waals surface area contributed by atoms with Gasteiger partial charge in [-0.05, 0) is 12.0 Å². The Morgan fingerprint density at radius 2 is 1.93 bits per heavy atom. The van der Waals surface area contributed by atoms with E-state index in [1.165, 1.54) is 5.56 Å². The Morgan fingerprint density at radius 1 is 1.33 bits per heavy atom. The first-order valence-electron chi connectivity index (χ1n) is 5.48. The van der Waals surface area contributed by atoms with Gasteiger partial charge >= 0.3 is 0 Å². The van der Waals surface area contributed by atoms with E-state index >= 15 is 0 Å². The molecule has 0 aromatic heterocycles. The van der Waals surface area contributed by atoms with Gasteiger partial charge in [0.05, 0.1) is 6.61 Å². The Kier molecular flexibility index (Phi) is 4.30. The fraction of sp³-hybridized carbons (Fsp3) is 0.538. The Balaban J connectivity index is 2.94. The normalized spacial score (nSPS) is 17.1. The maximum atomic E-state index is 6.47. The largest absolute Gasteiger partial charge is 0.384 e. The lowest BCUT2D eigenvalue weighted by Crippen LogP contribution is -2.44. The van der Waals surface area contributed by atoms with Crippen molar-refractivity contribution in [2.24, 2.45) is 11.7 Å². The third-order valence-electron chi connectivity index (χ3n) is 3.19. The molecule has 0 radical (unpaired) electrons. The molecule has 0 heterocycles. The number of ether oxygens (including phenoxy) is 1. The summed E-state index contributed by atoms with van der Waals surface area (Å²) in [5.74, 6) is 0.315. The van der Waals surface area contributed by atoms with Crippen LogP contribution in [0.25, 0.3) is 0 Å². The average Bonchev–Trinajstić information content (AvgIpc) is 2.29. The van der Waals surface area contributed by atoms with Gasteiger partial charge in [-0.25, -0.2) is 0 Å². The van der Waals surface area contributed by atoms with Gasteiger partial charge in [-0.2, -0.15) is 0 Å². The van der Waals surface area contributed by atoms with Crippen molar-refractivity contribution < 1.29 is 4.74 Å². The summed E-state index contributed by atoms with van der Waals surface area (Å²) in [5.41, 5.74) is 7.38. The first-order valence-corrected chi connectivity index (χ1v) is 5.48. The molecule has 0 aliphatic heterocycles. The molecule has 2 N–H and O–H groups in total. The smallest absolute Gasteiger partial charge is 0.0508 e. The second-order valence-corrected chi connectivity index (χ2v) is 4.12. The zero-order valence-corrected chi connectivity index (χ0v) is 9.86. The topological polar surface area (TPSA) is 35.2 Å². The van der Waals surface area contributed by atoms with Crippen LogP contribution in [0.5, 0.6) is 0 Å². The molecular formula is C13H21NO. The molecule has 1 aromatic rings. The van der Waals surface area contributed by atoms with E-state index < -0.39 is 0 Å². The standard InChI is InChI=1S/C13H21NO/c1-4-13(14,11(2)10-15-3)12-8-6-5-7-9-12/h5-9,11H,4,10,14H2,1-3H3. The van der Waals surface area contributed by atoms with Crippen LogP contribution < -0.4 is 5.73 Å². The third kappa shape index (κ3) is 2.58. The van der Waals surface area contributed by atoms with Gasteiger partial charge in [0.1, 0.15) is 0 Å². The van der Waals surface area contributed by atoms with Crippen LogP contribution in [0.4, 0.5) is 0 Å². The molecule has 0 aliphatic carbocycles. The first-order chi connectivity index (χ1) is 7.15. The van der Waals surface area contributed by atoms with Crippen molar-refractivity contribution in [3.8, 4) is 0 Å². The summed E-state index contributed by atoms with van der Waals surface area (Å²) in [6.07, 6.45) is 0.918. The minimum atomic E-state index is -0.280. The molecule has 0 saturated carbocycles. The van der Waals surface area contributed by atoms with Crippen LogP contribution >= 0.6 is 0 Å². The number of hydrogen-bond donors (Lipinski definition) is 1. The van der Waals surface area contributed by atoms with Crippen molar-refractivity contribution in [3.05, 3.63) is 35.9 Å². The summed E-state index contributed by atoms with van der Waals surface area (Å²) < 4.78 is 5.19. The van der Waals surface area contributed by atoms with E-state index in [0.29, 0.717) is 12.5 Å². The fourth-order valence-electron chi connectivity index (χ4n) is 1.98.